The number of benzene rings is 1. The van der Waals surface area contributed by atoms with Crippen LogP contribution in [0.25, 0.3) is 0 Å². The van der Waals surface area contributed by atoms with Crippen LogP contribution in [0.5, 0.6) is 0 Å². The minimum Gasteiger partial charge on any atom is -0.396 e. The number of hydrogen-bond donors (Lipinski definition) is 2. The van der Waals surface area contributed by atoms with Crippen LogP contribution >= 0.6 is 0 Å². The molecule has 0 unspecified atom stereocenters. The van der Waals surface area contributed by atoms with Gasteiger partial charge >= 0.3 is 0 Å². The summed E-state index contributed by atoms with van der Waals surface area (Å²) in [5.74, 6) is 0.710. The minimum atomic E-state index is 0.139. The number of rotatable bonds is 6. The number of nitrogen functional groups attached to an aromatic ring is 1. The molecule has 1 aromatic carbocycles. The predicted octanol–water partition coefficient (Wildman–Crippen LogP) is 2.64. The van der Waals surface area contributed by atoms with E-state index < -0.39 is 0 Å². The Morgan fingerprint density at radius 2 is 2.00 bits per heavy atom. The Kier molecular flexibility index (Phi) is 4.96. The van der Waals surface area contributed by atoms with Gasteiger partial charge in [-0.25, -0.2) is 4.98 Å². The number of anilines is 2. The monoisotopic (exact) mass is 271 g/mol. The molecule has 0 radical (unpaired) electrons. The van der Waals surface area contributed by atoms with Gasteiger partial charge in [-0.05, 0) is 31.0 Å². The second-order valence-electron chi connectivity index (χ2n) is 4.93. The van der Waals surface area contributed by atoms with Gasteiger partial charge in [0, 0.05) is 13.3 Å². The molecule has 2 aromatic rings. The number of nitrogens with one attached hydrogen (secondary N) is 1. The Hall–Kier alpha value is -2.07. The Bertz CT molecular complexity index is 540. The zero-order chi connectivity index (χ0) is 14.4. The normalized spacial score (nSPS) is 12.1. The number of ether oxygens (including phenoxy) is 1. The van der Waals surface area contributed by atoms with Crippen LogP contribution < -0.4 is 11.1 Å². The molecule has 0 saturated carbocycles. The molecule has 0 saturated heterocycles. The Balaban J connectivity index is 2.07. The number of hydrogen-bond acceptors (Lipinski definition) is 4. The van der Waals surface area contributed by atoms with Gasteiger partial charge in [-0.3, -0.25) is 0 Å². The highest BCUT2D eigenvalue weighted by molar-refractivity contribution is 5.60. The number of aryl methyl sites for hydroxylation is 1. The maximum atomic E-state index is 5.91. The lowest BCUT2D eigenvalue weighted by molar-refractivity contribution is 0.185. The fourth-order valence-corrected chi connectivity index (χ4v) is 2.09. The molecule has 1 atom stereocenters. The molecule has 3 N–H and O–H groups in total. The Morgan fingerprint density at radius 1 is 1.25 bits per heavy atom. The number of nitrogens with two attached hydrogens (primary N) is 1. The van der Waals surface area contributed by atoms with Crippen molar-refractivity contribution in [2.45, 2.75) is 19.4 Å². The van der Waals surface area contributed by atoms with Gasteiger partial charge in [-0.1, -0.05) is 29.8 Å². The van der Waals surface area contributed by atoms with Gasteiger partial charge in [0.25, 0.3) is 0 Å². The van der Waals surface area contributed by atoms with Gasteiger partial charge < -0.3 is 15.8 Å². The summed E-state index contributed by atoms with van der Waals surface area (Å²) in [6.45, 7) is 2.69. The van der Waals surface area contributed by atoms with Crippen LogP contribution in [0, 0.1) is 6.92 Å². The van der Waals surface area contributed by atoms with E-state index in [2.05, 4.69) is 41.5 Å². The maximum Gasteiger partial charge on any atom is 0.149 e. The van der Waals surface area contributed by atoms with E-state index >= 15 is 0 Å². The van der Waals surface area contributed by atoms with E-state index in [1.54, 1.807) is 13.3 Å². The Labute approximate surface area is 120 Å². The second-order valence-corrected chi connectivity index (χ2v) is 4.93. The van der Waals surface area contributed by atoms with E-state index in [4.69, 9.17) is 10.5 Å². The largest absolute Gasteiger partial charge is 0.396 e. The van der Waals surface area contributed by atoms with Crippen molar-refractivity contribution >= 4 is 11.5 Å². The van der Waals surface area contributed by atoms with Crippen LogP contribution in [0.3, 0.4) is 0 Å². The van der Waals surface area contributed by atoms with Crippen molar-refractivity contribution in [1.82, 2.24) is 4.98 Å². The third-order valence-electron chi connectivity index (χ3n) is 3.15. The molecule has 2 rings (SSSR count). The highest BCUT2D eigenvalue weighted by Crippen LogP contribution is 2.16. The number of nitrogens with zero attached hydrogens (tertiary/aromatic N) is 1. The highest BCUT2D eigenvalue weighted by Gasteiger charge is 2.11. The van der Waals surface area contributed by atoms with E-state index in [-0.39, 0.29) is 6.04 Å². The topological polar surface area (TPSA) is 60.2 Å². The molecule has 1 aromatic heterocycles. The zero-order valence-corrected chi connectivity index (χ0v) is 12.0. The molecule has 0 spiro atoms. The fraction of sp³-hybridized carbons (Fsp3) is 0.312. The van der Waals surface area contributed by atoms with Crippen LogP contribution in [-0.2, 0) is 11.2 Å². The summed E-state index contributed by atoms with van der Waals surface area (Å²) in [7, 11) is 1.70. The molecule has 20 heavy (non-hydrogen) atoms. The van der Waals surface area contributed by atoms with Crippen molar-refractivity contribution < 1.29 is 4.74 Å². The van der Waals surface area contributed by atoms with Gasteiger partial charge in [0.15, 0.2) is 0 Å². The first kappa shape index (κ1) is 14.3. The van der Waals surface area contributed by atoms with Gasteiger partial charge in [0.2, 0.25) is 0 Å². The van der Waals surface area contributed by atoms with Crippen LogP contribution in [0.15, 0.2) is 42.6 Å². The van der Waals surface area contributed by atoms with Gasteiger partial charge in [-0.2, -0.15) is 0 Å². The lowest BCUT2D eigenvalue weighted by atomic mass is 10.0. The minimum absolute atomic E-state index is 0.139. The molecule has 0 aliphatic carbocycles. The van der Waals surface area contributed by atoms with Gasteiger partial charge in [0.05, 0.1) is 18.3 Å². The molecule has 0 bridgehead atoms. The van der Waals surface area contributed by atoms with Crippen LogP contribution in [-0.4, -0.2) is 24.7 Å². The van der Waals surface area contributed by atoms with E-state index in [0.29, 0.717) is 18.1 Å². The standard InChI is InChI=1S/C16H21N3O/c1-12-5-7-13(8-6-12)10-14(11-20-2)19-16-15(17)4-3-9-18-16/h3-9,14H,10-11,17H2,1-2H3,(H,18,19)/t14-/m0/s1. The molecule has 4 heteroatoms. The van der Waals surface area contributed by atoms with Gasteiger partial charge in [0.1, 0.15) is 5.82 Å². The molecule has 4 nitrogen and oxygen atoms in total. The zero-order valence-electron chi connectivity index (χ0n) is 12.0. The summed E-state index contributed by atoms with van der Waals surface area (Å²) in [5, 5.41) is 3.35. The summed E-state index contributed by atoms with van der Waals surface area (Å²) in [6.07, 6.45) is 2.60. The molecule has 106 valence electrons. The average molecular weight is 271 g/mol. The maximum absolute atomic E-state index is 5.91. The first-order chi connectivity index (χ1) is 9.69. The number of aromatic nitrogens is 1. The van der Waals surface area contributed by atoms with Crippen molar-refractivity contribution in [3.8, 4) is 0 Å². The van der Waals surface area contributed by atoms with E-state index in [1.165, 1.54) is 11.1 Å². The van der Waals surface area contributed by atoms with Crippen molar-refractivity contribution in [2.75, 3.05) is 24.8 Å². The van der Waals surface area contributed by atoms with Crippen molar-refractivity contribution in [3.63, 3.8) is 0 Å². The SMILES string of the molecule is COC[C@H](Cc1ccc(C)cc1)Nc1ncccc1N. The summed E-state index contributed by atoms with van der Waals surface area (Å²) >= 11 is 0. The van der Waals surface area contributed by atoms with Crippen LogP contribution in [0.4, 0.5) is 11.5 Å². The summed E-state index contributed by atoms with van der Waals surface area (Å²) in [5.41, 5.74) is 9.09. The summed E-state index contributed by atoms with van der Waals surface area (Å²) < 4.78 is 5.28. The third kappa shape index (κ3) is 3.96. The second kappa shape index (κ2) is 6.91. The van der Waals surface area contributed by atoms with Crippen LogP contribution in [0.2, 0.25) is 0 Å². The van der Waals surface area contributed by atoms with Crippen molar-refractivity contribution in [1.29, 1.82) is 0 Å². The summed E-state index contributed by atoms with van der Waals surface area (Å²) in [6, 6.07) is 12.3. The first-order valence-electron chi connectivity index (χ1n) is 6.70. The van der Waals surface area contributed by atoms with E-state index in [9.17, 15) is 0 Å². The quantitative estimate of drug-likeness (QED) is 0.848. The highest BCUT2D eigenvalue weighted by atomic mass is 16.5. The van der Waals surface area contributed by atoms with Crippen LogP contribution in [0.1, 0.15) is 11.1 Å². The molecule has 0 aliphatic heterocycles. The summed E-state index contributed by atoms with van der Waals surface area (Å²) in [4.78, 5) is 4.26. The molecule has 0 fully saturated rings. The molecule has 0 aliphatic rings. The number of pyridine rings is 1. The molecule has 0 amide bonds. The van der Waals surface area contributed by atoms with Gasteiger partial charge in [-0.15, -0.1) is 0 Å². The molecular formula is C16H21N3O. The van der Waals surface area contributed by atoms with Crippen molar-refractivity contribution in [3.05, 3.63) is 53.7 Å². The lowest BCUT2D eigenvalue weighted by Crippen LogP contribution is -2.28. The first-order valence-corrected chi connectivity index (χ1v) is 6.70. The smallest absolute Gasteiger partial charge is 0.149 e. The third-order valence-corrected chi connectivity index (χ3v) is 3.15. The average Bonchev–Trinajstić information content (AvgIpc) is 2.44. The van der Waals surface area contributed by atoms with Crippen molar-refractivity contribution in [2.24, 2.45) is 0 Å². The molecule has 1 heterocycles. The fourth-order valence-electron chi connectivity index (χ4n) is 2.09. The van der Waals surface area contributed by atoms with E-state index in [1.807, 2.05) is 12.1 Å². The number of methoxy groups -OCH3 is 1. The Morgan fingerprint density at radius 3 is 2.65 bits per heavy atom. The predicted molar refractivity (Wildman–Crippen MR) is 82.8 cm³/mol. The molecular weight excluding hydrogens is 250 g/mol. The lowest BCUT2D eigenvalue weighted by Gasteiger charge is -2.19. The van der Waals surface area contributed by atoms with E-state index in [0.717, 1.165) is 6.42 Å².